The van der Waals surface area contributed by atoms with Crippen molar-refractivity contribution in [3.63, 3.8) is 0 Å². The van der Waals surface area contributed by atoms with Crippen molar-refractivity contribution >= 4 is 29.4 Å². The fourth-order valence-corrected chi connectivity index (χ4v) is 7.13. The summed E-state index contributed by atoms with van der Waals surface area (Å²) in [6, 6.07) is 5.17. The molecule has 3 unspecified atom stereocenters. The van der Waals surface area contributed by atoms with Gasteiger partial charge in [-0.1, -0.05) is 0 Å². The predicted molar refractivity (Wildman–Crippen MR) is 147 cm³/mol. The summed E-state index contributed by atoms with van der Waals surface area (Å²) in [4.78, 5) is 68.1. The molecule has 1 amide bonds. The van der Waals surface area contributed by atoms with Crippen molar-refractivity contribution in [2.75, 3.05) is 14.1 Å². The zero-order chi connectivity index (χ0) is 31.0. The standard InChI is InChI=1S/C30H35N3O9/c1-29(2,3)42-28(40)33-10-6-7-17(33)14-8-9-18(34)20-15(14)11-13-12-16-22(32(4)5)24(36)21(27(31)39)26(38)30(16,41)25(37)19(13)23(20)35/h6-10,13,16,19,21-22,24,34,36,41H,11-12H2,1-5H3,(H2,31,39)/t13-,16-,19?,21?,22-,24?,30-/m1/s1. The first-order valence-electron chi connectivity index (χ1n) is 13.8. The molecule has 2 fully saturated rings. The number of phenols is 1. The van der Waals surface area contributed by atoms with Gasteiger partial charge in [-0.15, -0.1) is 0 Å². The summed E-state index contributed by atoms with van der Waals surface area (Å²) in [6.45, 7) is 5.20. The Bertz CT molecular complexity index is 1520. The van der Waals surface area contributed by atoms with Crippen molar-refractivity contribution < 1.29 is 44.0 Å². The van der Waals surface area contributed by atoms with E-state index in [-0.39, 0.29) is 24.2 Å². The van der Waals surface area contributed by atoms with Gasteiger partial charge in [-0.2, -0.15) is 0 Å². The molecule has 5 N–H and O–H groups in total. The molecule has 1 heterocycles. The van der Waals surface area contributed by atoms with Gasteiger partial charge < -0.3 is 30.7 Å². The molecule has 0 radical (unpaired) electrons. The number of carbonyl (C=O) groups excluding carboxylic acids is 5. The van der Waals surface area contributed by atoms with E-state index in [1.807, 2.05) is 0 Å². The second kappa shape index (κ2) is 9.85. The first-order valence-corrected chi connectivity index (χ1v) is 13.8. The van der Waals surface area contributed by atoms with Crippen LogP contribution in [0.3, 0.4) is 0 Å². The Hall–Kier alpha value is -3.87. The van der Waals surface area contributed by atoms with Crippen LogP contribution in [0, 0.1) is 23.7 Å². The number of rotatable bonds is 3. The normalized spacial score (nSPS) is 30.9. The Labute approximate surface area is 242 Å². The number of aromatic hydroxyl groups is 1. The Kier molecular flexibility index (Phi) is 6.95. The number of hydrogen-bond acceptors (Lipinski definition) is 10. The molecule has 2 saturated carbocycles. The van der Waals surface area contributed by atoms with Crippen molar-refractivity contribution in [2.45, 2.75) is 57.0 Å². The molecule has 0 saturated heterocycles. The third-order valence-corrected chi connectivity index (χ3v) is 8.79. The number of aliphatic hydroxyl groups excluding tert-OH is 1. The van der Waals surface area contributed by atoms with E-state index in [2.05, 4.69) is 0 Å². The van der Waals surface area contributed by atoms with Crippen LogP contribution in [-0.4, -0.2) is 91.6 Å². The highest BCUT2D eigenvalue weighted by atomic mass is 16.6. The second-order valence-corrected chi connectivity index (χ2v) is 12.7. The number of phenolic OH excluding ortho intramolecular Hbond substituents is 1. The lowest BCUT2D eigenvalue weighted by Gasteiger charge is -2.54. The number of hydrogen-bond donors (Lipinski definition) is 4. The lowest BCUT2D eigenvalue weighted by atomic mass is 9.52. The van der Waals surface area contributed by atoms with Gasteiger partial charge in [0.25, 0.3) is 0 Å². The Morgan fingerprint density at radius 3 is 2.38 bits per heavy atom. The molecule has 12 nitrogen and oxygen atoms in total. The molecule has 0 spiro atoms. The van der Waals surface area contributed by atoms with E-state index in [1.54, 1.807) is 53.1 Å². The maximum atomic E-state index is 14.0. The van der Waals surface area contributed by atoms with Gasteiger partial charge in [0.15, 0.2) is 23.0 Å². The molecule has 3 aliphatic rings. The zero-order valence-electron chi connectivity index (χ0n) is 24.0. The van der Waals surface area contributed by atoms with Gasteiger partial charge in [-0.05, 0) is 83.5 Å². The Morgan fingerprint density at radius 1 is 1.12 bits per heavy atom. The lowest BCUT2D eigenvalue weighted by Crippen LogP contribution is -2.75. The highest BCUT2D eigenvalue weighted by Crippen LogP contribution is 2.52. The quantitative estimate of drug-likeness (QED) is 0.379. The summed E-state index contributed by atoms with van der Waals surface area (Å²) in [5, 5.41) is 33.6. The van der Waals surface area contributed by atoms with Crippen molar-refractivity contribution in [1.82, 2.24) is 9.47 Å². The van der Waals surface area contributed by atoms with Gasteiger partial charge in [0.1, 0.15) is 17.3 Å². The number of primary amides is 1. The van der Waals surface area contributed by atoms with Crippen molar-refractivity contribution in [3.05, 3.63) is 41.6 Å². The number of aromatic nitrogens is 1. The summed E-state index contributed by atoms with van der Waals surface area (Å²) in [5.74, 6) is -9.81. The van der Waals surface area contributed by atoms with Crippen LogP contribution < -0.4 is 5.73 Å². The molecular formula is C30H35N3O9. The van der Waals surface area contributed by atoms with Crippen molar-refractivity contribution in [3.8, 4) is 17.0 Å². The molecule has 42 heavy (non-hydrogen) atoms. The average molecular weight is 582 g/mol. The number of fused-ring (bicyclic) bond motifs is 3. The first kappa shape index (κ1) is 29.6. The van der Waals surface area contributed by atoms with Crippen LogP contribution in [0.5, 0.6) is 5.75 Å². The minimum atomic E-state index is -2.74. The number of nitrogens with two attached hydrogens (primary N) is 1. The van der Waals surface area contributed by atoms with Gasteiger partial charge in [-0.25, -0.2) is 4.79 Å². The number of Topliss-reactive ketones (excluding diaryl/α,β-unsaturated/α-hetero) is 3. The van der Waals surface area contributed by atoms with E-state index in [1.165, 1.54) is 21.7 Å². The topological polar surface area (TPSA) is 189 Å². The van der Waals surface area contributed by atoms with Gasteiger partial charge in [0, 0.05) is 23.7 Å². The molecule has 224 valence electrons. The summed E-state index contributed by atoms with van der Waals surface area (Å²) < 4.78 is 6.82. The van der Waals surface area contributed by atoms with E-state index >= 15 is 0 Å². The number of ether oxygens (including phenoxy) is 1. The molecule has 12 heteroatoms. The van der Waals surface area contributed by atoms with Crippen LogP contribution in [0.25, 0.3) is 11.3 Å². The van der Waals surface area contributed by atoms with Crippen LogP contribution in [0.2, 0.25) is 0 Å². The predicted octanol–water partition coefficient (Wildman–Crippen LogP) is 0.911. The fourth-order valence-electron chi connectivity index (χ4n) is 7.13. The minimum absolute atomic E-state index is 0.0165. The van der Waals surface area contributed by atoms with Crippen LogP contribution in [0.1, 0.15) is 43.1 Å². The van der Waals surface area contributed by atoms with Crippen LogP contribution in [0.15, 0.2) is 30.5 Å². The number of aliphatic hydroxyl groups is 2. The number of amides is 1. The summed E-state index contributed by atoms with van der Waals surface area (Å²) >= 11 is 0. The number of likely N-dealkylation sites (N-methyl/N-ethyl adjacent to an activating group) is 1. The van der Waals surface area contributed by atoms with Gasteiger partial charge in [0.05, 0.1) is 23.3 Å². The smallest absolute Gasteiger partial charge is 0.418 e. The van der Waals surface area contributed by atoms with E-state index in [4.69, 9.17) is 10.5 Å². The monoisotopic (exact) mass is 581 g/mol. The average Bonchev–Trinajstić information content (AvgIpc) is 3.35. The van der Waals surface area contributed by atoms with Crippen LogP contribution >= 0.6 is 0 Å². The largest absolute Gasteiger partial charge is 0.507 e. The second-order valence-electron chi connectivity index (χ2n) is 12.7. The number of carbonyl (C=O) groups is 5. The Balaban J connectivity index is 1.63. The van der Waals surface area contributed by atoms with E-state index in [0.717, 1.165) is 0 Å². The summed E-state index contributed by atoms with van der Waals surface area (Å²) in [7, 11) is 3.17. The lowest BCUT2D eigenvalue weighted by molar-refractivity contribution is -0.190. The van der Waals surface area contributed by atoms with E-state index < -0.39 is 76.4 Å². The molecule has 0 bridgehead atoms. The SMILES string of the molecule is CN(C)[C@H]1C(O)C(C(N)=O)C(=O)[C@]2(O)C(=O)C3C(=O)c4c(O)ccc(-c5cccn5C(=O)OC(C)(C)C)c4C[C@@H]3C[C@H]12. The maximum Gasteiger partial charge on any atom is 0.418 e. The van der Waals surface area contributed by atoms with Gasteiger partial charge >= 0.3 is 6.09 Å². The highest BCUT2D eigenvalue weighted by molar-refractivity contribution is 6.25. The molecule has 1 aromatic carbocycles. The van der Waals surface area contributed by atoms with Gasteiger partial charge in [0.2, 0.25) is 5.91 Å². The summed E-state index contributed by atoms with van der Waals surface area (Å²) in [6.07, 6.45) is -0.627. The maximum absolute atomic E-state index is 14.0. The molecule has 1 aromatic heterocycles. The van der Waals surface area contributed by atoms with Crippen molar-refractivity contribution in [1.29, 1.82) is 0 Å². The van der Waals surface area contributed by atoms with Crippen molar-refractivity contribution in [2.24, 2.45) is 29.4 Å². The number of ketones is 3. The third kappa shape index (κ3) is 4.27. The molecule has 7 atom stereocenters. The molecule has 0 aliphatic heterocycles. The minimum Gasteiger partial charge on any atom is -0.507 e. The Morgan fingerprint density at radius 2 is 1.79 bits per heavy atom. The molecular weight excluding hydrogens is 546 g/mol. The first-order chi connectivity index (χ1) is 19.5. The molecule has 2 aromatic rings. The van der Waals surface area contributed by atoms with Crippen LogP contribution in [0.4, 0.5) is 4.79 Å². The molecule has 5 rings (SSSR count). The number of nitrogens with zero attached hydrogens (tertiary/aromatic N) is 2. The van der Waals surface area contributed by atoms with Crippen LogP contribution in [-0.2, 0) is 25.5 Å². The van der Waals surface area contributed by atoms with E-state index in [0.29, 0.717) is 16.8 Å². The highest BCUT2D eigenvalue weighted by Gasteiger charge is 2.69. The fraction of sp³-hybridized carbons (Fsp3) is 0.500. The summed E-state index contributed by atoms with van der Waals surface area (Å²) in [5.41, 5.74) is 3.05. The zero-order valence-corrected chi connectivity index (χ0v) is 24.0. The molecule has 3 aliphatic carbocycles. The third-order valence-electron chi connectivity index (χ3n) is 8.79. The van der Waals surface area contributed by atoms with E-state index in [9.17, 15) is 39.3 Å². The van der Waals surface area contributed by atoms with Gasteiger partial charge in [-0.3, -0.25) is 23.7 Å². The number of benzene rings is 1.